The van der Waals surface area contributed by atoms with Gasteiger partial charge in [0, 0.05) is 50.9 Å². The van der Waals surface area contributed by atoms with Gasteiger partial charge >= 0.3 is 0 Å². The van der Waals surface area contributed by atoms with Gasteiger partial charge in [-0.05, 0) is 33.0 Å². The van der Waals surface area contributed by atoms with Gasteiger partial charge in [-0.3, -0.25) is 9.69 Å². The molecule has 1 fully saturated rings. The number of hydrogen-bond donors (Lipinski definition) is 1. The van der Waals surface area contributed by atoms with E-state index in [9.17, 15) is 4.79 Å². The average molecular weight is 402 g/mol. The molecule has 1 aromatic carbocycles. The maximum absolute atomic E-state index is 12.9. The summed E-state index contributed by atoms with van der Waals surface area (Å²) in [5, 5.41) is 4.49. The van der Waals surface area contributed by atoms with Crippen molar-refractivity contribution in [2.75, 3.05) is 33.7 Å². The maximum Gasteiger partial charge on any atom is 0.237 e. The first-order valence-electron chi connectivity index (χ1n) is 9.78. The number of carbonyl (C=O) groups excluding carboxylic acids is 1. The van der Waals surface area contributed by atoms with Crippen LogP contribution in [0.3, 0.4) is 0 Å². The van der Waals surface area contributed by atoms with Crippen molar-refractivity contribution in [2.45, 2.75) is 36.3 Å². The number of benzene rings is 1. The lowest BCUT2D eigenvalue weighted by molar-refractivity contribution is -0.125. The standard InChI is InChI=1S/C21H31N5OS/c1-16-6-5-7-17(12-16)14-26-15-18(28-21-23-9-11-25(21)4)13-19(26)20(27)22-8-10-24(2)3/h5-7,9,11-12,18-19H,8,10,13-15H2,1-4H3,(H,22,27)/t18-,19+/m1/s1. The molecular formula is C21H31N5OS. The highest BCUT2D eigenvalue weighted by molar-refractivity contribution is 7.99. The lowest BCUT2D eigenvalue weighted by Gasteiger charge is -2.24. The Kier molecular flexibility index (Phi) is 7.15. The minimum absolute atomic E-state index is 0.0968. The van der Waals surface area contributed by atoms with Gasteiger partial charge in [-0.15, -0.1) is 0 Å². The fraction of sp³-hybridized carbons (Fsp3) is 0.524. The molecule has 0 unspecified atom stereocenters. The van der Waals surface area contributed by atoms with Crippen LogP contribution in [0.4, 0.5) is 0 Å². The molecule has 1 N–H and O–H groups in total. The van der Waals surface area contributed by atoms with E-state index in [1.807, 2.05) is 38.1 Å². The van der Waals surface area contributed by atoms with Crippen LogP contribution in [-0.4, -0.2) is 70.3 Å². The first-order chi connectivity index (χ1) is 13.4. The Bertz CT molecular complexity index is 791. The Balaban J connectivity index is 1.69. The molecule has 2 heterocycles. The van der Waals surface area contributed by atoms with Gasteiger partial charge in [-0.25, -0.2) is 4.98 Å². The normalized spacial score (nSPS) is 20.0. The molecule has 6 nitrogen and oxygen atoms in total. The minimum atomic E-state index is -0.0968. The zero-order chi connectivity index (χ0) is 20.1. The van der Waals surface area contributed by atoms with Crippen molar-refractivity contribution in [1.82, 2.24) is 24.7 Å². The Labute approximate surface area is 172 Å². The van der Waals surface area contributed by atoms with Crippen LogP contribution >= 0.6 is 11.8 Å². The molecule has 1 aromatic heterocycles. The van der Waals surface area contributed by atoms with Crippen LogP contribution in [0, 0.1) is 6.92 Å². The Morgan fingerprint density at radius 2 is 2.21 bits per heavy atom. The van der Waals surface area contributed by atoms with Crippen molar-refractivity contribution in [3.8, 4) is 0 Å². The van der Waals surface area contributed by atoms with Gasteiger partial charge in [-0.2, -0.15) is 0 Å². The van der Waals surface area contributed by atoms with E-state index in [4.69, 9.17) is 0 Å². The topological polar surface area (TPSA) is 53.4 Å². The number of amides is 1. The molecule has 0 bridgehead atoms. The first-order valence-corrected chi connectivity index (χ1v) is 10.7. The van der Waals surface area contributed by atoms with E-state index in [0.717, 1.165) is 31.2 Å². The van der Waals surface area contributed by atoms with Crippen LogP contribution in [0.15, 0.2) is 41.8 Å². The summed E-state index contributed by atoms with van der Waals surface area (Å²) in [4.78, 5) is 21.8. The summed E-state index contributed by atoms with van der Waals surface area (Å²) in [6.45, 7) is 5.32. The summed E-state index contributed by atoms with van der Waals surface area (Å²) in [6.07, 6.45) is 4.64. The number of nitrogens with one attached hydrogen (secondary N) is 1. The molecule has 1 aliphatic heterocycles. The summed E-state index contributed by atoms with van der Waals surface area (Å²) < 4.78 is 2.04. The summed E-state index contributed by atoms with van der Waals surface area (Å²) in [7, 11) is 6.05. The second-order valence-corrected chi connectivity index (χ2v) is 9.09. The third-order valence-electron chi connectivity index (χ3n) is 5.04. The zero-order valence-corrected chi connectivity index (χ0v) is 18.1. The summed E-state index contributed by atoms with van der Waals surface area (Å²) in [6, 6.07) is 8.46. The van der Waals surface area contributed by atoms with Gasteiger partial charge < -0.3 is 14.8 Å². The first kappa shape index (κ1) is 20.9. The van der Waals surface area contributed by atoms with Crippen LogP contribution in [0.1, 0.15) is 17.5 Å². The SMILES string of the molecule is Cc1cccc(CN2C[C@H](Sc3nccn3C)C[C@H]2C(=O)NCCN(C)C)c1. The summed E-state index contributed by atoms with van der Waals surface area (Å²) in [5.41, 5.74) is 2.51. The van der Waals surface area contributed by atoms with Gasteiger partial charge in [0.2, 0.25) is 5.91 Å². The predicted octanol–water partition coefficient (Wildman–Crippen LogP) is 2.14. The molecule has 1 saturated heterocycles. The molecule has 1 aliphatic rings. The van der Waals surface area contributed by atoms with Gasteiger partial charge in [0.25, 0.3) is 0 Å². The quantitative estimate of drug-likeness (QED) is 0.735. The van der Waals surface area contributed by atoms with Crippen LogP contribution in [0.25, 0.3) is 0 Å². The van der Waals surface area contributed by atoms with E-state index < -0.39 is 0 Å². The Hall–Kier alpha value is -1.83. The molecule has 2 aromatic rings. The highest BCUT2D eigenvalue weighted by Gasteiger charge is 2.37. The van der Waals surface area contributed by atoms with E-state index >= 15 is 0 Å². The van der Waals surface area contributed by atoms with Crippen LogP contribution in [0.5, 0.6) is 0 Å². The highest BCUT2D eigenvalue weighted by atomic mass is 32.2. The fourth-order valence-electron chi connectivity index (χ4n) is 3.57. The molecule has 0 aliphatic carbocycles. The van der Waals surface area contributed by atoms with Gasteiger partial charge in [0.15, 0.2) is 5.16 Å². The average Bonchev–Trinajstić information content (AvgIpc) is 3.21. The number of hydrogen-bond acceptors (Lipinski definition) is 5. The maximum atomic E-state index is 12.9. The van der Waals surface area contributed by atoms with Crippen molar-refractivity contribution in [3.05, 3.63) is 47.8 Å². The third kappa shape index (κ3) is 5.59. The predicted molar refractivity (Wildman–Crippen MR) is 114 cm³/mol. The molecular weight excluding hydrogens is 370 g/mol. The fourth-order valence-corrected chi connectivity index (χ4v) is 4.77. The Morgan fingerprint density at radius 1 is 1.39 bits per heavy atom. The lowest BCUT2D eigenvalue weighted by Crippen LogP contribution is -2.44. The van der Waals surface area contributed by atoms with Crippen molar-refractivity contribution in [1.29, 1.82) is 0 Å². The number of carbonyl (C=O) groups is 1. The number of aryl methyl sites for hydroxylation is 2. The van der Waals surface area contributed by atoms with Crippen molar-refractivity contribution in [3.63, 3.8) is 0 Å². The second kappa shape index (κ2) is 9.58. The molecule has 1 amide bonds. The number of likely N-dealkylation sites (tertiary alicyclic amines) is 1. The molecule has 152 valence electrons. The highest BCUT2D eigenvalue weighted by Crippen LogP contribution is 2.33. The number of likely N-dealkylation sites (N-methyl/N-ethyl adjacent to an activating group) is 1. The molecule has 0 saturated carbocycles. The molecule has 2 atom stereocenters. The molecule has 7 heteroatoms. The summed E-state index contributed by atoms with van der Waals surface area (Å²) in [5.74, 6) is 0.137. The molecule has 3 rings (SSSR count). The van der Waals surface area contributed by atoms with Crippen LogP contribution < -0.4 is 5.32 Å². The minimum Gasteiger partial charge on any atom is -0.353 e. The zero-order valence-electron chi connectivity index (χ0n) is 17.3. The van der Waals surface area contributed by atoms with E-state index in [1.165, 1.54) is 11.1 Å². The smallest absolute Gasteiger partial charge is 0.237 e. The number of aromatic nitrogens is 2. The largest absolute Gasteiger partial charge is 0.353 e. The van der Waals surface area contributed by atoms with Crippen molar-refractivity contribution < 1.29 is 4.79 Å². The van der Waals surface area contributed by atoms with E-state index in [2.05, 4.69) is 51.3 Å². The third-order valence-corrected chi connectivity index (χ3v) is 6.32. The summed E-state index contributed by atoms with van der Waals surface area (Å²) >= 11 is 1.77. The van der Waals surface area contributed by atoms with Crippen LogP contribution in [-0.2, 0) is 18.4 Å². The second-order valence-electron chi connectivity index (χ2n) is 7.82. The van der Waals surface area contributed by atoms with Gasteiger partial charge in [0.05, 0.1) is 6.04 Å². The van der Waals surface area contributed by atoms with Crippen molar-refractivity contribution in [2.24, 2.45) is 7.05 Å². The number of rotatable bonds is 8. The van der Waals surface area contributed by atoms with E-state index in [-0.39, 0.29) is 11.9 Å². The van der Waals surface area contributed by atoms with E-state index in [0.29, 0.717) is 11.8 Å². The number of thioether (sulfide) groups is 1. The molecule has 0 spiro atoms. The molecule has 28 heavy (non-hydrogen) atoms. The van der Waals surface area contributed by atoms with Gasteiger partial charge in [-0.1, -0.05) is 41.6 Å². The van der Waals surface area contributed by atoms with E-state index in [1.54, 1.807) is 11.8 Å². The molecule has 0 radical (unpaired) electrons. The number of imidazole rings is 1. The monoisotopic (exact) mass is 401 g/mol. The van der Waals surface area contributed by atoms with Crippen LogP contribution in [0.2, 0.25) is 0 Å². The Morgan fingerprint density at radius 3 is 2.89 bits per heavy atom. The van der Waals surface area contributed by atoms with Gasteiger partial charge in [0.1, 0.15) is 0 Å². The van der Waals surface area contributed by atoms with Crippen molar-refractivity contribution >= 4 is 17.7 Å². The number of nitrogens with zero attached hydrogens (tertiary/aromatic N) is 4. The lowest BCUT2D eigenvalue weighted by atomic mass is 10.1.